The number of halogens is 2. The molecule has 0 unspecified atom stereocenters. The molecule has 0 aliphatic rings. The zero-order valence-corrected chi connectivity index (χ0v) is 18.8. The summed E-state index contributed by atoms with van der Waals surface area (Å²) < 4.78 is 35.2. The Balaban J connectivity index is 1.43. The Morgan fingerprint density at radius 3 is 2.44 bits per heavy atom. The predicted molar refractivity (Wildman–Crippen MR) is 120 cm³/mol. The summed E-state index contributed by atoms with van der Waals surface area (Å²) in [5.41, 5.74) is 2.18. The second-order valence-electron chi connectivity index (χ2n) is 8.28. The minimum absolute atomic E-state index is 0.0625. The van der Waals surface area contributed by atoms with Gasteiger partial charge >= 0.3 is 6.55 Å². The molecule has 168 valence electrons. The third kappa shape index (κ3) is 4.55. The van der Waals surface area contributed by atoms with Gasteiger partial charge in [-0.1, -0.05) is 56.8 Å². The first-order valence-corrected chi connectivity index (χ1v) is 11.0. The number of nitrogens with zero attached hydrogens (tertiary/aromatic N) is 5. The number of benzene rings is 2. The fourth-order valence-corrected chi connectivity index (χ4v) is 4.05. The van der Waals surface area contributed by atoms with Gasteiger partial charge in [0.2, 0.25) is 5.16 Å². The number of hydrogen-bond donors (Lipinski definition) is 1. The molecule has 4 aromatic rings. The molecule has 2 aromatic heterocycles. The van der Waals surface area contributed by atoms with Crippen molar-refractivity contribution in [1.29, 1.82) is 0 Å². The summed E-state index contributed by atoms with van der Waals surface area (Å²) in [6.07, 6.45) is 0. The van der Waals surface area contributed by atoms with Crippen LogP contribution < -0.4 is 10.6 Å². The average molecular weight is 459 g/mol. The maximum Gasteiger partial charge on any atom is 0.320 e. The van der Waals surface area contributed by atoms with Crippen molar-refractivity contribution in [3.05, 3.63) is 65.7 Å². The van der Waals surface area contributed by atoms with E-state index in [1.807, 2.05) is 24.3 Å². The Morgan fingerprint density at radius 1 is 1.03 bits per heavy atom. The molecule has 2 aromatic carbocycles. The first kappa shape index (κ1) is 22.1. The van der Waals surface area contributed by atoms with Crippen LogP contribution in [0.5, 0.6) is 5.75 Å². The van der Waals surface area contributed by atoms with E-state index in [2.05, 4.69) is 36.0 Å². The van der Waals surface area contributed by atoms with Crippen LogP contribution in [0.4, 0.5) is 8.78 Å². The van der Waals surface area contributed by atoms with Gasteiger partial charge in [0, 0.05) is 0 Å². The van der Waals surface area contributed by atoms with E-state index in [1.54, 1.807) is 24.3 Å². The number of para-hydroxylation sites is 2. The van der Waals surface area contributed by atoms with E-state index in [9.17, 15) is 8.78 Å². The standard InChI is InChI=1S/C22H24F2N6OS/c1-22(2,3)14-8-10-15(11-9-14)31-12-18-27-28-21(30(18)25)32-13-19-26-16-6-4-5-7-17(16)29(19)20(23)24/h4-11,20H,12-13,25H2,1-3H3. The van der Waals surface area contributed by atoms with Crippen LogP contribution in [-0.4, -0.2) is 24.4 Å². The van der Waals surface area contributed by atoms with Crippen molar-refractivity contribution in [2.45, 2.75) is 50.3 Å². The molecule has 0 fully saturated rings. The number of thioether (sulfide) groups is 1. The lowest BCUT2D eigenvalue weighted by Gasteiger charge is -2.19. The summed E-state index contributed by atoms with van der Waals surface area (Å²) >= 11 is 1.19. The number of nitrogen functional groups attached to an aromatic ring is 1. The topological polar surface area (TPSA) is 83.8 Å². The van der Waals surface area contributed by atoms with Gasteiger partial charge in [-0.2, -0.15) is 8.78 Å². The molecule has 0 saturated heterocycles. The highest BCUT2D eigenvalue weighted by Crippen LogP contribution is 2.28. The number of nitrogens with two attached hydrogens (primary N) is 1. The normalized spacial score (nSPS) is 12.1. The van der Waals surface area contributed by atoms with Crippen LogP contribution in [0.15, 0.2) is 53.7 Å². The summed E-state index contributed by atoms with van der Waals surface area (Å²) in [5.74, 6) is 7.63. The second kappa shape index (κ2) is 8.78. The van der Waals surface area contributed by atoms with Crippen molar-refractivity contribution in [3.8, 4) is 5.75 Å². The van der Waals surface area contributed by atoms with Gasteiger partial charge in [-0.15, -0.1) is 10.2 Å². The minimum Gasteiger partial charge on any atom is -0.486 e. The Labute approximate surface area is 188 Å². The first-order valence-electron chi connectivity index (χ1n) is 10.0. The van der Waals surface area contributed by atoms with Gasteiger partial charge in [-0.25, -0.2) is 9.66 Å². The molecule has 0 amide bonds. The summed E-state index contributed by atoms with van der Waals surface area (Å²) in [6, 6.07) is 14.7. The summed E-state index contributed by atoms with van der Waals surface area (Å²) in [4.78, 5) is 4.32. The largest absolute Gasteiger partial charge is 0.486 e. The molecule has 2 heterocycles. The van der Waals surface area contributed by atoms with E-state index in [4.69, 9.17) is 10.6 Å². The molecule has 0 aliphatic carbocycles. The predicted octanol–water partition coefficient (Wildman–Crippen LogP) is 4.91. The number of ether oxygens (including phenoxy) is 1. The maximum absolute atomic E-state index is 13.6. The SMILES string of the molecule is CC(C)(C)c1ccc(OCc2nnc(SCc3nc4ccccc4n3C(F)F)n2N)cc1. The number of fused-ring (bicyclic) bond motifs is 1. The van der Waals surface area contributed by atoms with Crippen LogP contribution in [0.25, 0.3) is 11.0 Å². The highest BCUT2D eigenvalue weighted by Gasteiger charge is 2.19. The van der Waals surface area contributed by atoms with E-state index in [-0.39, 0.29) is 23.6 Å². The first-order chi connectivity index (χ1) is 15.2. The number of alkyl halides is 2. The lowest BCUT2D eigenvalue weighted by Crippen LogP contribution is -2.16. The molecule has 0 radical (unpaired) electrons. The third-order valence-electron chi connectivity index (χ3n) is 5.02. The van der Waals surface area contributed by atoms with Crippen LogP contribution in [0, 0.1) is 0 Å². The zero-order valence-electron chi connectivity index (χ0n) is 18.0. The van der Waals surface area contributed by atoms with Crippen molar-refractivity contribution < 1.29 is 13.5 Å². The molecule has 0 bridgehead atoms. The Bertz CT molecular complexity index is 1210. The van der Waals surface area contributed by atoms with Crippen molar-refractivity contribution in [2.75, 3.05) is 5.84 Å². The highest BCUT2D eigenvalue weighted by atomic mass is 32.2. The molecule has 4 rings (SSSR count). The molecule has 10 heteroatoms. The molecule has 2 N–H and O–H groups in total. The molecule has 32 heavy (non-hydrogen) atoms. The van der Waals surface area contributed by atoms with Gasteiger partial charge in [0.15, 0.2) is 5.82 Å². The van der Waals surface area contributed by atoms with Crippen molar-refractivity contribution >= 4 is 22.8 Å². The number of aromatic nitrogens is 5. The van der Waals surface area contributed by atoms with E-state index in [1.165, 1.54) is 22.0 Å². The summed E-state index contributed by atoms with van der Waals surface area (Å²) in [6.45, 7) is 3.89. The van der Waals surface area contributed by atoms with Gasteiger partial charge < -0.3 is 10.6 Å². The molecule has 0 aliphatic heterocycles. The lowest BCUT2D eigenvalue weighted by atomic mass is 9.87. The Morgan fingerprint density at radius 2 is 1.75 bits per heavy atom. The number of hydrogen-bond acceptors (Lipinski definition) is 6. The van der Waals surface area contributed by atoms with Crippen LogP contribution >= 0.6 is 11.8 Å². The third-order valence-corrected chi connectivity index (χ3v) is 5.96. The van der Waals surface area contributed by atoms with Crippen LogP contribution in [0.3, 0.4) is 0 Å². The fraction of sp³-hybridized carbons (Fsp3) is 0.318. The van der Waals surface area contributed by atoms with Gasteiger partial charge in [0.25, 0.3) is 0 Å². The maximum atomic E-state index is 13.6. The van der Waals surface area contributed by atoms with Crippen molar-refractivity contribution in [2.24, 2.45) is 0 Å². The van der Waals surface area contributed by atoms with E-state index in [0.717, 1.165) is 4.57 Å². The minimum atomic E-state index is -2.69. The van der Waals surface area contributed by atoms with E-state index < -0.39 is 6.55 Å². The number of imidazole rings is 1. The van der Waals surface area contributed by atoms with Crippen LogP contribution in [0.2, 0.25) is 0 Å². The van der Waals surface area contributed by atoms with Crippen molar-refractivity contribution in [1.82, 2.24) is 24.4 Å². The fourth-order valence-electron chi connectivity index (χ4n) is 3.25. The van der Waals surface area contributed by atoms with Crippen molar-refractivity contribution in [3.63, 3.8) is 0 Å². The molecular formula is C22H24F2N6OS. The Hall–Kier alpha value is -3.14. The zero-order chi connectivity index (χ0) is 22.9. The highest BCUT2D eigenvalue weighted by molar-refractivity contribution is 7.98. The molecular weight excluding hydrogens is 434 g/mol. The van der Waals surface area contributed by atoms with Gasteiger partial charge in [0.05, 0.1) is 16.8 Å². The second-order valence-corrected chi connectivity index (χ2v) is 9.23. The van der Waals surface area contributed by atoms with Gasteiger partial charge in [-0.3, -0.25) is 4.57 Å². The average Bonchev–Trinajstić information content (AvgIpc) is 3.30. The smallest absolute Gasteiger partial charge is 0.320 e. The van der Waals surface area contributed by atoms with Crippen LogP contribution in [0.1, 0.15) is 44.5 Å². The molecule has 7 nitrogen and oxygen atoms in total. The Kier molecular flexibility index (Phi) is 6.05. The monoisotopic (exact) mass is 458 g/mol. The number of rotatable bonds is 7. The van der Waals surface area contributed by atoms with Gasteiger partial charge in [0.1, 0.15) is 18.2 Å². The summed E-state index contributed by atoms with van der Waals surface area (Å²) in [5, 5.41) is 8.52. The van der Waals surface area contributed by atoms with E-state index in [0.29, 0.717) is 27.8 Å². The summed E-state index contributed by atoms with van der Waals surface area (Å²) in [7, 11) is 0. The molecule has 0 saturated carbocycles. The lowest BCUT2D eigenvalue weighted by molar-refractivity contribution is 0.0722. The van der Waals surface area contributed by atoms with Crippen LogP contribution in [-0.2, 0) is 17.8 Å². The van der Waals surface area contributed by atoms with Gasteiger partial charge in [-0.05, 0) is 35.2 Å². The quantitative estimate of drug-likeness (QED) is 0.313. The molecule has 0 spiro atoms. The van der Waals surface area contributed by atoms with E-state index >= 15 is 0 Å². The molecule has 0 atom stereocenters.